The van der Waals surface area contributed by atoms with Gasteiger partial charge in [-0.2, -0.15) is 0 Å². The first kappa shape index (κ1) is 20.3. The standard InChI is InChI=1S/C17H25N3O3.ClH/c1-2-19-16(21)11-23-14-8-6-13(7-9-14)20-17(22)15-5-3-4-12(15)10-18;/h6-9,12,15H,2-5,10-11,18H2,1H3,(H,19,21)(H,20,22);1H/t12-,15-;/m1./s1. The third-order valence-corrected chi connectivity index (χ3v) is 4.16. The van der Waals surface area contributed by atoms with E-state index >= 15 is 0 Å². The lowest BCUT2D eigenvalue weighted by Gasteiger charge is -2.17. The molecule has 6 nitrogen and oxygen atoms in total. The van der Waals surface area contributed by atoms with Crippen molar-refractivity contribution in [1.29, 1.82) is 0 Å². The fourth-order valence-electron chi connectivity index (χ4n) is 2.93. The Balaban J connectivity index is 0.00000288. The SMILES string of the molecule is CCNC(=O)COc1ccc(NC(=O)[C@@H]2CCC[C@@H]2CN)cc1.Cl. The molecule has 7 heteroatoms. The van der Waals surface area contributed by atoms with Crippen LogP contribution in [0, 0.1) is 11.8 Å². The highest BCUT2D eigenvalue weighted by molar-refractivity contribution is 5.93. The van der Waals surface area contributed by atoms with Crippen molar-refractivity contribution < 1.29 is 14.3 Å². The quantitative estimate of drug-likeness (QED) is 0.696. The number of likely N-dealkylation sites (N-methyl/N-ethyl adjacent to an activating group) is 1. The number of hydrogen-bond donors (Lipinski definition) is 3. The maximum Gasteiger partial charge on any atom is 0.257 e. The van der Waals surface area contributed by atoms with Gasteiger partial charge in [0.15, 0.2) is 6.61 Å². The molecule has 0 bridgehead atoms. The Morgan fingerprint density at radius 2 is 1.96 bits per heavy atom. The highest BCUT2D eigenvalue weighted by Crippen LogP contribution is 2.32. The van der Waals surface area contributed by atoms with E-state index in [0.29, 0.717) is 18.8 Å². The molecule has 1 aliphatic carbocycles. The Labute approximate surface area is 148 Å². The molecule has 4 N–H and O–H groups in total. The van der Waals surface area contributed by atoms with Gasteiger partial charge in [-0.25, -0.2) is 0 Å². The molecule has 1 fully saturated rings. The van der Waals surface area contributed by atoms with Crippen LogP contribution in [0.15, 0.2) is 24.3 Å². The lowest BCUT2D eigenvalue weighted by Crippen LogP contribution is -2.29. The Bertz CT molecular complexity index is 536. The average molecular weight is 356 g/mol. The molecule has 0 aliphatic heterocycles. The van der Waals surface area contributed by atoms with E-state index in [0.717, 1.165) is 24.9 Å². The van der Waals surface area contributed by atoms with Crippen LogP contribution in [0.1, 0.15) is 26.2 Å². The van der Waals surface area contributed by atoms with E-state index in [1.807, 2.05) is 6.92 Å². The summed E-state index contributed by atoms with van der Waals surface area (Å²) < 4.78 is 5.37. The lowest BCUT2D eigenvalue weighted by molar-refractivity contribution is -0.123. The summed E-state index contributed by atoms with van der Waals surface area (Å²) >= 11 is 0. The van der Waals surface area contributed by atoms with Crippen molar-refractivity contribution in [2.75, 3.05) is 25.0 Å². The van der Waals surface area contributed by atoms with Gasteiger partial charge in [0.2, 0.25) is 5.91 Å². The van der Waals surface area contributed by atoms with Gasteiger partial charge in [-0.3, -0.25) is 9.59 Å². The van der Waals surface area contributed by atoms with Crippen LogP contribution in [-0.4, -0.2) is 31.5 Å². The monoisotopic (exact) mass is 355 g/mol. The first-order valence-electron chi connectivity index (χ1n) is 8.14. The molecule has 0 aromatic heterocycles. The van der Waals surface area contributed by atoms with Crippen LogP contribution in [0.2, 0.25) is 0 Å². The summed E-state index contributed by atoms with van der Waals surface area (Å²) in [6.07, 6.45) is 3.00. The summed E-state index contributed by atoms with van der Waals surface area (Å²) in [4.78, 5) is 23.6. The summed E-state index contributed by atoms with van der Waals surface area (Å²) in [5, 5.41) is 5.59. The van der Waals surface area contributed by atoms with Gasteiger partial charge in [0.25, 0.3) is 5.91 Å². The van der Waals surface area contributed by atoms with E-state index in [2.05, 4.69) is 10.6 Å². The number of benzene rings is 1. The zero-order valence-corrected chi connectivity index (χ0v) is 14.7. The van der Waals surface area contributed by atoms with Gasteiger partial charge in [-0.05, 0) is 56.5 Å². The van der Waals surface area contributed by atoms with E-state index in [1.54, 1.807) is 24.3 Å². The number of ether oxygens (including phenoxy) is 1. The summed E-state index contributed by atoms with van der Waals surface area (Å²) in [6, 6.07) is 7.03. The van der Waals surface area contributed by atoms with Crippen molar-refractivity contribution in [3.63, 3.8) is 0 Å². The van der Waals surface area contributed by atoms with E-state index in [-0.39, 0.29) is 42.7 Å². The average Bonchev–Trinajstić information content (AvgIpc) is 3.03. The molecule has 134 valence electrons. The number of carbonyl (C=O) groups excluding carboxylic acids is 2. The first-order valence-corrected chi connectivity index (χ1v) is 8.14. The molecule has 2 atom stereocenters. The minimum atomic E-state index is -0.154. The molecule has 1 aliphatic rings. The molecular weight excluding hydrogens is 330 g/mol. The van der Waals surface area contributed by atoms with E-state index < -0.39 is 0 Å². The fourth-order valence-corrected chi connectivity index (χ4v) is 2.93. The van der Waals surface area contributed by atoms with E-state index in [4.69, 9.17) is 10.5 Å². The number of carbonyl (C=O) groups is 2. The summed E-state index contributed by atoms with van der Waals surface area (Å²) in [5.74, 6) is 0.770. The number of amides is 2. The molecule has 0 spiro atoms. The van der Waals surface area contributed by atoms with Crippen molar-refractivity contribution in [1.82, 2.24) is 5.32 Å². The second-order valence-corrected chi connectivity index (χ2v) is 5.79. The van der Waals surface area contributed by atoms with Gasteiger partial charge >= 0.3 is 0 Å². The molecule has 2 rings (SSSR count). The molecule has 0 heterocycles. The molecule has 0 radical (unpaired) electrons. The Hall–Kier alpha value is -1.79. The Morgan fingerprint density at radius 1 is 1.25 bits per heavy atom. The maximum atomic E-state index is 12.3. The van der Waals surface area contributed by atoms with Gasteiger partial charge in [0, 0.05) is 18.2 Å². The van der Waals surface area contributed by atoms with Gasteiger partial charge < -0.3 is 21.1 Å². The number of nitrogens with one attached hydrogen (secondary N) is 2. The minimum Gasteiger partial charge on any atom is -0.484 e. The predicted octanol–water partition coefficient (Wildman–Crippen LogP) is 1.94. The molecule has 1 aromatic rings. The smallest absolute Gasteiger partial charge is 0.257 e. The molecule has 1 aromatic carbocycles. The van der Waals surface area contributed by atoms with Crippen molar-refractivity contribution in [3.8, 4) is 5.75 Å². The van der Waals surface area contributed by atoms with E-state index in [9.17, 15) is 9.59 Å². The first-order chi connectivity index (χ1) is 11.1. The van der Waals surface area contributed by atoms with Crippen LogP contribution < -0.4 is 21.1 Å². The van der Waals surface area contributed by atoms with Gasteiger partial charge in [-0.15, -0.1) is 12.4 Å². The largest absolute Gasteiger partial charge is 0.484 e. The summed E-state index contributed by atoms with van der Waals surface area (Å²) in [6.45, 7) is 2.98. The molecule has 24 heavy (non-hydrogen) atoms. The topological polar surface area (TPSA) is 93.5 Å². The third-order valence-electron chi connectivity index (χ3n) is 4.16. The summed E-state index contributed by atoms with van der Waals surface area (Å²) in [7, 11) is 0. The molecule has 2 amide bonds. The zero-order chi connectivity index (χ0) is 16.7. The van der Waals surface area contributed by atoms with Gasteiger partial charge in [-0.1, -0.05) is 6.42 Å². The van der Waals surface area contributed by atoms with Gasteiger partial charge in [0.05, 0.1) is 0 Å². The lowest BCUT2D eigenvalue weighted by atomic mass is 9.95. The minimum absolute atomic E-state index is 0. The molecular formula is C17H26ClN3O3. The number of rotatable bonds is 7. The van der Waals surface area contributed by atoms with Crippen LogP contribution in [0.25, 0.3) is 0 Å². The molecule has 1 saturated carbocycles. The Morgan fingerprint density at radius 3 is 2.58 bits per heavy atom. The molecule has 0 saturated heterocycles. The number of anilines is 1. The Kier molecular flexibility index (Phi) is 8.57. The highest BCUT2D eigenvalue weighted by atomic mass is 35.5. The van der Waals surface area contributed by atoms with Crippen molar-refractivity contribution in [2.24, 2.45) is 17.6 Å². The van der Waals surface area contributed by atoms with Crippen LogP contribution in [0.3, 0.4) is 0 Å². The number of halogens is 1. The predicted molar refractivity (Wildman–Crippen MR) is 96.4 cm³/mol. The summed E-state index contributed by atoms with van der Waals surface area (Å²) in [5.41, 5.74) is 6.45. The molecule has 0 unspecified atom stereocenters. The van der Waals surface area contributed by atoms with Crippen LogP contribution in [0.5, 0.6) is 5.75 Å². The van der Waals surface area contributed by atoms with Crippen LogP contribution >= 0.6 is 12.4 Å². The second-order valence-electron chi connectivity index (χ2n) is 5.79. The normalized spacial score (nSPS) is 19.2. The van der Waals surface area contributed by atoms with Crippen LogP contribution in [0.4, 0.5) is 5.69 Å². The zero-order valence-electron chi connectivity index (χ0n) is 13.9. The second kappa shape index (κ2) is 10.2. The van der Waals surface area contributed by atoms with Crippen molar-refractivity contribution >= 4 is 29.9 Å². The van der Waals surface area contributed by atoms with Gasteiger partial charge in [0.1, 0.15) is 5.75 Å². The number of nitrogens with two attached hydrogens (primary N) is 1. The third kappa shape index (κ3) is 5.69. The van der Waals surface area contributed by atoms with Crippen LogP contribution in [-0.2, 0) is 9.59 Å². The fraction of sp³-hybridized carbons (Fsp3) is 0.529. The maximum absolute atomic E-state index is 12.3. The number of hydrogen-bond acceptors (Lipinski definition) is 4. The van der Waals surface area contributed by atoms with E-state index in [1.165, 1.54) is 0 Å². The van der Waals surface area contributed by atoms with Crippen molar-refractivity contribution in [2.45, 2.75) is 26.2 Å². The van der Waals surface area contributed by atoms with Crippen molar-refractivity contribution in [3.05, 3.63) is 24.3 Å². The highest BCUT2D eigenvalue weighted by Gasteiger charge is 2.31.